The molecule has 2 aliphatic heterocycles. The molecule has 27 heavy (non-hydrogen) atoms. The fraction of sp³-hybridized carbons (Fsp3) is 0.706. The van der Waals surface area contributed by atoms with Gasteiger partial charge in [-0.15, -0.1) is 0 Å². The van der Waals surface area contributed by atoms with Crippen molar-refractivity contribution in [3.05, 3.63) is 12.0 Å². The number of ether oxygens (including phenoxy) is 1. The Kier molecular flexibility index (Phi) is 6.18. The number of nitrogens with one attached hydrogen (secondary N) is 2. The van der Waals surface area contributed by atoms with Crippen molar-refractivity contribution in [3.63, 3.8) is 0 Å². The van der Waals surface area contributed by atoms with Crippen LogP contribution < -0.4 is 5.32 Å². The number of hydrogen-bond acceptors (Lipinski definition) is 6. The van der Waals surface area contributed by atoms with Crippen LogP contribution in [0.4, 0.5) is 4.79 Å². The summed E-state index contributed by atoms with van der Waals surface area (Å²) in [6, 6.07) is -0.944. The number of urea groups is 1. The third-order valence-electron chi connectivity index (χ3n) is 4.73. The first-order chi connectivity index (χ1) is 12.4. The minimum Gasteiger partial charge on any atom is -0.482 e. The van der Waals surface area contributed by atoms with Crippen molar-refractivity contribution in [1.29, 1.82) is 5.41 Å². The van der Waals surface area contributed by atoms with Crippen molar-refractivity contribution in [2.45, 2.75) is 33.2 Å². The molecule has 0 saturated carbocycles. The maximum absolute atomic E-state index is 12.6. The predicted octanol–water partition coefficient (Wildman–Crippen LogP) is 0.581. The van der Waals surface area contributed by atoms with Gasteiger partial charge in [-0.3, -0.25) is 10.1 Å². The number of nitrogens with zero attached hydrogens (tertiary/aromatic N) is 2. The number of likely N-dealkylation sites (tertiary alicyclic amines) is 1. The molecular weight excluding hydrogens is 372 g/mol. The highest BCUT2D eigenvalue weighted by molar-refractivity contribution is 7.91. The van der Waals surface area contributed by atoms with E-state index in [0.29, 0.717) is 18.7 Å². The molecule has 0 aromatic rings. The molecule has 2 heterocycles. The quantitative estimate of drug-likeness (QED) is 0.528. The van der Waals surface area contributed by atoms with Gasteiger partial charge < -0.3 is 19.9 Å². The summed E-state index contributed by atoms with van der Waals surface area (Å²) in [6.45, 7) is 6.39. The molecule has 9 nitrogen and oxygen atoms in total. The molecule has 1 atom stereocenters. The largest absolute Gasteiger partial charge is 0.482 e. The Hall–Kier alpha value is -2.10. The van der Waals surface area contributed by atoms with Crippen molar-refractivity contribution < 1.29 is 22.7 Å². The second-order valence-electron chi connectivity index (χ2n) is 7.78. The third-order valence-corrected chi connectivity index (χ3v) is 6.34. The summed E-state index contributed by atoms with van der Waals surface area (Å²) in [5.41, 5.74) is -0.0857. The first-order valence-electron chi connectivity index (χ1n) is 8.86. The molecule has 2 rings (SSSR count). The molecule has 0 aromatic heterocycles. The van der Waals surface area contributed by atoms with Gasteiger partial charge in [0.25, 0.3) is 0 Å². The molecule has 2 saturated heterocycles. The monoisotopic (exact) mass is 400 g/mol. The van der Waals surface area contributed by atoms with Gasteiger partial charge in [-0.2, -0.15) is 0 Å². The second-order valence-corrected chi connectivity index (χ2v) is 10.1. The molecule has 152 valence electrons. The average Bonchev–Trinajstić information content (AvgIpc) is 2.51. The third kappa shape index (κ3) is 5.21. The van der Waals surface area contributed by atoms with Crippen LogP contribution in [-0.2, 0) is 19.4 Å². The zero-order valence-electron chi connectivity index (χ0n) is 16.2. The first kappa shape index (κ1) is 21.2. The van der Waals surface area contributed by atoms with Crippen molar-refractivity contribution in [2.75, 3.05) is 38.2 Å². The molecule has 3 amide bonds. The van der Waals surface area contributed by atoms with Gasteiger partial charge in [-0.25, -0.2) is 13.2 Å². The van der Waals surface area contributed by atoms with E-state index in [4.69, 9.17) is 10.1 Å². The van der Waals surface area contributed by atoms with Crippen LogP contribution >= 0.6 is 0 Å². The summed E-state index contributed by atoms with van der Waals surface area (Å²) >= 11 is 0. The van der Waals surface area contributed by atoms with E-state index in [1.807, 2.05) is 20.8 Å². The number of hydrogen-bond donors (Lipinski definition) is 2. The summed E-state index contributed by atoms with van der Waals surface area (Å²) in [5.74, 6) is -0.318. The molecule has 2 N–H and O–H groups in total. The Morgan fingerprint density at radius 2 is 1.78 bits per heavy atom. The van der Waals surface area contributed by atoms with Crippen LogP contribution in [0.15, 0.2) is 12.0 Å². The van der Waals surface area contributed by atoms with E-state index in [-0.39, 0.29) is 47.8 Å². The molecule has 2 aliphatic rings. The summed E-state index contributed by atoms with van der Waals surface area (Å²) in [4.78, 5) is 28.0. The fourth-order valence-corrected chi connectivity index (χ4v) is 3.87. The van der Waals surface area contributed by atoms with E-state index in [2.05, 4.69) is 5.32 Å². The Balaban J connectivity index is 1.97. The van der Waals surface area contributed by atoms with Crippen molar-refractivity contribution in [2.24, 2.45) is 5.41 Å². The Morgan fingerprint density at radius 1 is 1.19 bits per heavy atom. The number of carbonyl (C=O) groups is 2. The summed E-state index contributed by atoms with van der Waals surface area (Å²) in [6.07, 6.45) is 1.98. The van der Waals surface area contributed by atoms with Crippen LogP contribution in [0.5, 0.6) is 0 Å². The molecule has 0 radical (unpaired) electrons. The Labute approximate surface area is 160 Å². The second kappa shape index (κ2) is 7.87. The number of methoxy groups -OCH3 is 1. The summed E-state index contributed by atoms with van der Waals surface area (Å²) < 4.78 is 28.2. The highest BCUT2D eigenvalue weighted by atomic mass is 32.2. The van der Waals surface area contributed by atoms with E-state index in [1.165, 1.54) is 23.0 Å². The zero-order chi connectivity index (χ0) is 20.4. The minimum atomic E-state index is -3.07. The van der Waals surface area contributed by atoms with Crippen LogP contribution in [-0.4, -0.2) is 80.2 Å². The zero-order valence-corrected chi connectivity index (χ0v) is 17.1. The number of rotatable bonds is 4. The van der Waals surface area contributed by atoms with Crippen LogP contribution in [0, 0.1) is 10.8 Å². The molecular formula is C17H28N4O5S. The molecule has 2 fully saturated rings. The van der Waals surface area contributed by atoms with E-state index in [1.54, 1.807) is 0 Å². The molecule has 0 bridgehead atoms. The highest BCUT2D eigenvalue weighted by Crippen LogP contribution is 2.22. The van der Waals surface area contributed by atoms with Crippen LogP contribution in [0.3, 0.4) is 0 Å². The molecule has 10 heteroatoms. The van der Waals surface area contributed by atoms with Gasteiger partial charge in [0.15, 0.2) is 15.7 Å². The van der Waals surface area contributed by atoms with Crippen molar-refractivity contribution in [1.82, 2.24) is 15.1 Å². The fourth-order valence-electron chi connectivity index (χ4n) is 2.67. The Morgan fingerprint density at radius 3 is 2.22 bits per heavy atom. The van der Waals surface area contributed by atoms with Crippen molar-refractivity contribution >= 4 is 27.5 Å². The molecule has 0 unspecified atom stereocenters. The normalized spacial score (nSPS) is 22.7. The van der Waals surface area contributed by atoms with Gasteiger partial charge in [-0.05, 0) is 6.42 Å². The predicted molar refractivity (Wildman–Crippen MR) is 101 cm³/mol. The smallest absolute Gasteiger partial charge is 0.320 e. The average molecular weight is 401 g/mol. The van der Waals surface area contributed by atoms with Crippen LogP contribution in [0.2, 0.25) is 0 Å². The molecule has 0 aromatic carbocycles. The maximum atomic E-state index is 12.6. The van der Waals surface area contributed by atoms with Gasteiger partial charge in [0.2, 0.25) is 5.91 Å². The number of amides is 3. The van der Waals surface area contributed by atoms with E-state index in [9.17, 15) is 18.0 Å². The lowest BCUT2D eigenvalue weighted by Gasteiger charge is -2.43. The van der Waals surface area contributed by atoms with Gasteiger partial charge in [-0.1, -0.05) is 20.8 Å². The van der Waals surface area contributed by atoms with Gasteiger partial charge in [0.05, 0.1) is 18.6 Å². The number of allylic oxidation sites excluding steroid dienone is 1. The lowest BCUT2D eigenvalue weighted by molar-refractivity contribution is -0.129. The van der Waals surface area contributed by atoms with Crippen molar-refractivity contribution in [3.8, 4) is 0 Å². The Bertz CT molecular complexity index is 740. The SMILES string of the molecule is CO/C(=C\C(=N)C(C)(C)C)NC(=O)[C@@H]1CCN1C(=O)N1CCS(=O)(=O)CC1. The summed E-state index contributed by atoms with van der Waals surface area (Å²) in [5, 5.41) is 10.7. The van der Waals surface area contributed by atoms with E-state index >= 15 is 0 Å². The molecule has 0 spiro atoms. The number of sulfone groups is 1. The summed E-state index contributed by atoms with van der Waals surface area (Å²) in [7, 11) is -1.67. The maximum Gasteiger partial charge on any atom is 0.320 e. The van der Waals surface area contributed by atoms with Gasteiger partial charge >= 0.3 is 6.03 Å². The first-order valence-corrected chi connectivity index (χ1v) is 10.7. The minimum absolute atomic E-state index is 0.0467. The highest BCUT2D eigenvalue weighted by Gasteiger charge is 2.41. The van der Waals surface area contributed by atoms with E-state index < -0.39 is 15.9 Å². The topological polar surface area (TPSA) is 120 Å². The van der Waals surface area contributed by atoms with Gasteiger partial charge in [0, 0.05) is 36.8 Å². The van der Waals surface area contributed by atoms with Crippen LogP contribution in [0.25, 0.3) is 0 Å². The van der Waals surface area contributed by atoms with Gasteiger partial charge in [0.1, 0.15) is 6.04 Å². The molecule has 0 aliphatic carbocycles. The lowest BCUT2D eigenvalue weighted by Crippen LogP contribution is -2.62. The standard InChI is InChI=1S/C17H28N4O5S/c1-17(2,3)13(18)11-14(26-4)19-15(22)12-5-6-21(12)16(23)20-7-9-27(24,25)10-8-20/h11-12,18H,5-10H2,1-4H3,(H,19,22)/b14-11-,18-13?/t12-/m0/s1. The van der Waals surface area contributed by atoms with E-state index in [0.717, 1.165) is 0 Å². The number of carbonyl (C=O) groups excluding carboxylic acids is 2. The lowest BCUT2D eigenvalue weighted by atomic mass is 9.90. The van der Waals surface area contributed by atoms with Crippen LogP contribution in [0.1, 0.15) is 27.2 Å².